The van der Waals surface area contributed by atoms with Crippen molar-refractivity contribution in [1.29, 1.82) is 0 Å². The number of hydrogen-bond donors (Lipinski definition) is 1. The topological polar surface area (TPSA) is 48.4 Å². The quantitative estimate of drug-likeness (QED) is 0.707. The highest BCUT2D eigenvalue weighted by Gasteiger charge is 2.09. The van der Waals surface area contributed by atoms with Gasteiger partial charge in [-0.1, -0.05) is 35.9 Å². The molecule has 3 nitrogen and oxygen atoms in total. The lowest BCUT2D eigenvalue weighted by atomic mass is 10.1. The Bertz CT molecular complexity index is 793. The Morgan fingerprint density at radius 1 is 1.00 bits per heavy atom. The first-order valence-electron chi connectivity index (χ1n) is 7.52. The first-order chi connectivity index (χ1) is 11.2. The van der Waals surface area contributed by atoms with Crippen LogP contribution in [0.5, 0.6) is 5.75 Å². The van der Waals surface area contributed by atoms with Crippen LogP contribution in [0.15, 0.2) is 59.2 Å². The molecule has 0 saturated carbocycles. The molecule has 4 heteroatoms. The Labute approximate surface area is 140 Å². The zero-order valence-electron chi connectivity index (χ0n) is 12.9. The van der Waals surface area contributed by atoms with E-state index in [1.54, 1.807) is 6.26 Å². The largest absolute Gasteiger partial charge is 0.492 e. The average Bonchev–Trinajstić information content (AvgIpc) is 3.07. The van der Waals surface area contributed by atoms with Crippen LogP contribution in [0, 0.1) is 0 Å². The summed E-state index contributed by atoms with van der Waals surface area (Å²) in [6.45, 7) is 3.06. The van der Waals surface area contributed by atoms with Gasteiger partial charge in [-0.15, -0.1) is 0 Å². The molecule has 2 aromatic carbocycles. The Morgan fingerprint density at radius 3 is 2.39 bits per heavy atom. The van der Waals surface area contributed by atoms with Gasteiger partial charge in [0, 0.05) is 17.7 Å². The van der Waals surface area contributed by atoms with Crippen LogP contribution in [0.3, 0.4) is 0 Å². The van der Waals surface area contributed by atoms with E-state index >= 15 is 0 Å². The molecule has 0 fully saturated rings. The summed E-state index contributed by atoms with van der Waals surface area (Å²) >= 11 is 6.24. The standard InChI is InChI=1S/C19H18ClNO2/c1-2-22-18-8-7-15(9-17(18)20)19-10-16(12-23-19)14-5-3-13(11-21)4-6-14/h3-10,12H,2,11,21H2,1H3. The Hall–Kier alpha value is -2.23. The number of benzene rings is 2. The third-order valence-electron chi connectivity index (χ3n) is 3.64. The van der Waals surface area contributed by atoms with Crippen molar-refractivity contribution in [3.05, 3.63) is 65.4 Å². The number of furan rings is 1. The summed E-state index contributed by atoms with van der Waals surface area (Å²) in [7, 11) is 0. The molecule has 0 aliphatic rings. The smallest absolute Gasteiger partial charge is 0.137 e. The second kappa shape index (κ2) is 6.90. The summed E-state index contributed by atoms with van der Waals surface area (Å²) in [4.78, 5) is 0. The van der Waals surface area contributed by atoms with Gasteiger partial charge in [0.25, 0.3) is 0 Å². The normalized spacial score (nSPS) is 10.7. The van der Waals surface area contributed by atoms with Crippen LogP contribution >= 0.6 is 11.6 Å². The van der Waals surface area contributed by atoms with E-state index in [0.717, 1.165) is 28.0 Å². The highest BCUT2D eigenvalue weighted by molar-refractivity contribution is 6.32. The third kappa shape index (κ3) is 3.41. The van der Waals surface area contributed by atoms with Crippen molar-refractivity contribution < 1.29 is 9.15 Å². The van der Waals surface area contributed by atoms with E-state index in [2.05, 4.69) is 0 Å². The molecule has 118 valence electrons. The lowest BCUT2D eigenvalue weighted by molar-refractivity contribution is 0.340. The second-order valence-electron chi connectivity index (χ2n) is 5.18. The Morgan fingerprint density at radius 2 is 1.74 bits per heavy atom. The molecular formula is C19H18ClNO2. The van der Waals surface area contributed by atoms with Gasteiger partial charge in [-0.25, -0.2) is 0 Å². The molecule has 0 saturated heterocycles. The molecule has 0 spiro atoms. The molecule has 0 unspecified atom stereocenters. The van der Waals surface area contributed by atoms with Gasteiger partial charge in [-0.2, -0.15) is 0 Å². The van der Waals surface area contributed by atoms with Crippen LogP contribution in [0.25, 0.3) is 22.5 Å². The van der Waals surface area contributed by atoms with Gasteiger partial charge in [0.2, 0.25) is 0 Å². The van der Waals surface area contributed by atoms with Crippen LogP contribution < -0.4 is 10.5 Å². The van der Waals surface area contributed by atoms with E-state index in [9.17, 15) is 0 Å². The summed E-state index contributed by atoms with van der Waals surface area (Å²) in [6, 6.07) is 15.8. The van der Waals surface area contributed by atoms with Gasteiger partial charge in [0.1, 0.15) is 11.5 Å². The molecule has 0 bridgehead atoms. The maximum absolute atomic E-state index is 6.24. The average molecular weight is 328 g/mol. The highest BCUT2D eigenvalue weighted by Crippen LogP contribution is 2.33. The van der Waals surface area contributed by atoms with E-state index < -0.39 is 0 Å². The summed E-state index contributed by atoms with van der Waals surface area (Å²) in [6.07, 6.45) is 1.75. The van der Waals surface area contributed by atoms with Crippen molar-refractivity contribution in [3.63, 3.8) is 0 Å². The molecule has 0 aliphatic carbocycles. The summed E-state index contributed by atoms with van der Waals surface area (Å²) < 4.78 is 11.1. The number of ether oxygens (including phenoxy) is 1. The third-order valence-corrected chi connectivity index (χ3v) is 3.93. The summed E-state index contributed by atoms with van der Waals surface area (Å²) in [5.41, 5.74) is 9.77. The molecule has 0 atom stereocenters. The molecule has 3 rings (SSSR count). The maximum atomic E-state index is 6.24. The fourth-order valence-electron chi connectivity index (χ4n) is 2.40. The predicted molar refractivity (Wildman–Crippen MR) is 93.7 cm³/mol. The zero-order valence-corrected chi connectivity index (χ0v) is 13.6. The predicted octanol–water partition coefficient (Wildman–Crippen LogP) is 5.12. The number of rotatable bonds is 5. The lowest BCUT2D eigenvalue weighted by Gasteiger charge is -2.06. The monoisotopic (exact) mass is 327 g/mol. The van der Waals surface area contributed by atoms with Crippen LogP contribution in [-0.2, 0) is 6.54 Å². The SMILES string of the molecule is CCOc1ccc(-c2cc(-c3ccc(CN)cc3)co2)cc1Cl. The molecule has 1 aromatic heterocycles. The summed E-state index contributed by atoms with van der Waals surface area (Å²) in [5.74, 6) is 1.45. The van der Waals surface area contributed by atoms with E-state index in [4.69, 9.17) is 26.5 Å². The number of halogens is 1. The van der Waals surface area contributed by atoms with Crippen molar-refractivity contribution >= 4 is 11.6 Å². The minimum Gasteiger partial charge on any atom is -0.492 e. The first-order valence-corrected chi connectivity index (χ1v) is 7.89. The van der Waals surface area contributed by atoms with Gasteiger partial charge >= 0.3 is 0 Å². The molecular weight excluding hydrogens is 310 g/mol. The van der Waals surface area contributed by atoms with E-state index in [-0.39, 0.29) is 0 Å². The fourth-order valence-corrected chi connectivity index (χ4v) is 2.63. The maximum Gasteiger partial charge on any atom is 0.137 e. The molecule has 1 heterocycles. The van der Waals surface area contributed by atoms with Crippen molar-refractivity contribution in [2.75, 3.05) is 6.61 Å². The van der Waals surface area contributed by atoms with Crippen molar-refractivity contribution in [3.8, 4) is 28.2 Å². The van der Waals surface area contributed by atoms with Crippen molar-refractivity contribution in [2.24, 2.45) is 5.73 Å². The van der Waals surface area contributed by atoms with Gasteiger partial charge in [0.05, 0.1) is 17.9 Å². The minimum absolute atomic E-state index is 0.543. The Kier molecular flexibility index (Phi) is 4.70. The van der Waals surface area contributed by atoms with Gasteiger partial charge in [-0.05, 0) is 42.3 Å². The van der Waals surface area contributed by atoms with Crippen LogP contribution in [0.1, 0.15) is 12.5 Å². The van der Waals surface area contributed by atoms with Crippen molar-refractivity contribution in [2.45, 2.75) is 13.5 Å². The van der Waals surface area contributed by atoms with E-state index in [0.29, 0.717) is 23.9 Å². The fraction of sp³-hybridized carbons (Fsp3) is 0.158. The van der Waals surface area contributed by atoms with Gasteiger partial charge in [0.15, 0.2) is 0 Å². The lowest BCUT2D eigenvalue weighted by Crippen LogP contribution is -1.94. The van der Waals surface area contributed by atoms with Crippen LogP contribution in [0.4, 0.5) is 0 Å². The number of nitrogens with two attached hydrogens (primary N) is 1. The van der Waals surface area contributed by atoms with E-state index in [1.807, 2.05) is 55.5 Å². The molecule has 0 amide bonds. The molecule has 0 aliphatic heterocycles. The summed E-state index contributed by atoms with van der Waals surface area (Å²) in [5, 5.41) is 0.578. The molecule has 3 aromatic rings. The zero-order chi connectivity index (χ0) is 16.2. The van der Waals surface area contributed by atoms with Gasteiger partial charge in [-0.3, -0.25) is 0 Å². The minimum atomic E-state index is 0.543. The Balaban J connectivity index is 1.87. The molecule has 23 heavy (non-hydrogen) atoms. The molecule has 2 N–H and O–H groups in total. The number of hydrogen-bond acceptors (Lipinski definition) is 3. The first kappa shape index (κ1) is 15.7. The van der Waals surface area contributed by atoms with E-state index in [1.165, 1.54) is 0 Å². The van der Waals surface area contributed by atoms with Crippen molar-refractivity contribution in [1.82, 2.24) is 0 Å². The van der Waals surface area contributed by atoms with Gasteiger partial charge < -0.3 is 14.9 Å². The van der Waals surface area contributed by atoms with Crippen LogP contribution in [-0.4, -0.2) is 6.61 Å². The highest BCUT2D eigenvalue weighted by atomic mass is 35.5. The second-order valence-corrected chi connectivity index (χ2v) is 5.59. The van der Waals surface area contributed by atoms with Crippen LogP contribution in [0.2, 0.25) is 5.02 Å². The molecule has 0 radical (unpaired) electrons.